The molecular weight excluding hydrogens is 288 g/mol. The summed E-state index contributed by atoms with van der Waals surface area (Å²) in [6.07, 6.45) is 7.19. The molecule has 1 saturated carbocycles. The molecule has 0 spiro atoms. The SMILES string of the molecule is CC1(C(=O)NCCc2nc(C(=O)O)cs2)CCCCCC1. The summed E-state index contributed by atoms with van der Waals surface area (Å²) in [7, 11) is 0. The van der Waals surface area contributed by atoms with E-state index in [1.54, 1.807) is 0 Å². The Bertz CT molecular complexity index is 505. The van der Waals surface area contributed by atoms with Crippen LogP contribution in [0, 0.1) is 5.41 Å². The Kier molecular flexibility index (Phi) is 5.33. The molecule has 0 atom stereocenters. The first kappa shape index (κ1) is 15.9. The fourth-order valence-corrected chi connectivity index (χ4v) is 3.53. The molecule has 1 fully saturated rings. The molecule has 1 amide bonds. The van der Waals surface area contributed by atoms with Crippen LogP contribution in [-0.2, 0) is 11.2 Å². The van der Waals surface area contributed by atoms with Crippen molar-refractivity contribution in [1.29, 1.82) is 0 Å². The van der Waals surface area contributed by atoms with E-state index in [1.807, 2.05) is 0 Å². The average molecular weight is 310 g/mol. The number of rotatable bonds is 5. The van der Waals surface area contributed by atoms with E-state index >= 15 is 0 Å². The molecule has 5 nitrogen and oxygen atoms in total. The summed E-state index contributed by atoms with van der Waals surface area (Å²) in [6.45, 7) is 2.57. The average Bonchev–Trinajstić information content (AvgIpc) is 2.81. The topological polar surface area (TPSA) is 79.3 Å². The van der Waals surface area contributed by atoms with E-state index in [1.165, 1.54) is 29.6 Å². The normalized spacial score (nSPS) is 18.0. The highest BCUT2D eigenvalue weighted by Crippen LogP contribution is 2.34. The summed E-state index contributed by atoms with van der Waals surface area (Å²) in [5, 5.41) is 14.1. The lowest BCUT2D eigenvalue weighted by atomic mass is 9.81. The first-order valence-electron chi connectivity index (χ1n) is 7.47. The molecule has 1 heterocycles. The number of nitrogens with zero attached hydrogens (tertiary/aromatic N) is 1. The molecule has 0 radical (unpaired) electrons. The Labute approximate surface area is 128 Å². The molecule has 0 saturated heterocycles. The number of nitrogens with one attached hydrogen (secondary N) is 1. The number of thiazole rings is 1. The van der Waals surface area contributed by atoms with Crippen LogP contribution in [0.4, 0.5) is 0 Å². The zero-order valence-corrected chi connectivity index (χ0v) is 13.2. The molecule has 1 aliphatic carbocycles. The van der Waals surface area contributed by atoms with Gasteiger partial charge in [-0.15, -0.1) is 11.3 Å². The molecule has 1 aromatic heterocycles. The third-order valence-electron chi connectivity index (χ3n) is 4.15. The van der Waals surface area contributed by atoms with Gasteiger partial charge in [-0.3, -0.25) is 4.79 Å². The van der Waals surface area contributed by atoms with Crippen molar-refractivity contribution in [3.63, 3.8) is 0 Å². The van der Waals surface area contributed by atoms with Crippen molar-refractivity contribution in [2.45, 2.75) is 51.9 Å². The first-order chi connectivity index (χ1) is 10.0. The maximum Gasteiger partial charge on any atom is 0.355 e. The van der Waals surface area contributed by atoms with Gasteiger partial charge in [-0.25, -0.2) is 9.78 Å². The second-order valence-corrected chi connectivity index (χ2v) is 6.86. The molecule has 2 N–H and O–H groups in total. The fourth-order valence-electron chi connectivity index (χ4n) is 2.76. The van der Waals surface area contributed by atoms with Gasteiger partial charge in [-0.1, -0.05) is 32.6 Å². The number of aromatic carboxylic acids is 1. The van der Waals surface area contributed by atoms with Crippen molar-refractivity contribution in [1.82, 2.24) is 10.3 Å². The Balaban J connectivity index is 1.81. The highest BCUT2D eigenvalue weighted by atomic mass is 32.1. The van der Waals surface area contributed by atoms with Crippen LogP contribution in [0.2, 0.25) is 0 Å². The first-order valence-corrected chi connectivity index (χ1v) is 8.35. The van der Waals surface area contributed by atoms with Crippen LogP contribution < -0.4 is 5.32 Å². The van der Waals surface area contributed by atoms with Gasteiger partial charge in [0.2, 0.25) is 5.91 Å². The van der Waals surface area contributed by atoms with Gasteiger partial charge >= 0.3 is 5.97 Å². The second kappa shape index (κ2) is 7.02. The quantitative estimate of drug-likeness (QED) is 0.820. The molecule has 21 heavy (non-hydrogen) atoms. The van der Waals surface area contributed by atoms with Crippen molar-refractivity contribution in [3.8, 4) is 0 Å². The number of hydrogen-bond acceptors (Lipinski definition) is 4. The zero-order valence-electron chi connectivity index (χ0n) is 12.4. The lowest BCUT2D eigenvalue weighted by molar-refractivity contribution is -0.130. The highest BCUT2D eigenvalue weighted by Gasteiger charge is 2.33. The number of carboxylic acid groups (broad SMARTS) is 1. The van der Waals surface area contributed by atoms with Crippen molar-refractivity contribution in [3.05, 3.63) is 16.1 Å². The van der Waals surface area contributed by atoms with Gasteiger partial charge in [-0.05, 0) is 12.8 Å². The van der Waals surface area contributed by atoms with E-state index in [9.17, 15) is 9.59 Å². The van der Waals surface area contributed by atoms with Crippen LogP contribution in [0.15, 0.2) is 5.38 Å². The molecule has 1 aromatic rings. The summed E-state index contributed by atoms with van der Waals surface area (Å²) in [6, 6.07) is 0. The molecule has 0 aliphatic heterocycles. The van der Waals surface area contributed by atoms with Crippen LogP contribution in [0.25, 0.3) is 0 Å². The van der Waals surface area contributed by atoms with Gasteiger partial charge in [0.1, 0.15) is 0 Å². The van der Waals surface area contributed by atoms with E-state index in [0.29, 0.717) is 13.0 Å². The summed E-state index contributed by atoms with van der Waals surface area (Å²) in [5.74, 6) is -0.882. The van der Waals surface area contributed by atoms with Crippen LogP contribution in [0.5, 0.6) is 0 Å². The number of hydrogen-bond donors (Lipinski definition) is 2. The largest absolute Gasteiger partial charge is 0.476 e. The summed E-state index contributed by atoms with van der Waals surface area (Å²) < 4.78 is 0. The zero-order chi connectivity index (χ0) is 15.3. The minimum Gasteiger partial charge on any atom is -0.476 e. The standard InChI is InChI=1S/C15H22N2O3S/c1-15(7-4-2-3-5-8-15)14(20)16-9-6-12-17-11(10-21-12)13(18)19/h10H,2-9H2,1H3,(H,16,20)(H,18,19). The maximum absolute atomic E-state index is 12.4. The third kappa shape index (κ3) is 4.27. The number of carboxylic acids is 1. The lowest BCUT2D eigenvalue weighted by Crippen LogP contribution is -2.39. The smallest absolute Gasteiger partial charge is 0.355 e. The highest BCUT2D eigenvalue weighted by molar-refractivity contribution is 7.09. The number of aromatic nitrogens is 1. The number of carbonyl (C=O) groups is 2. The molecule has 2 rings (SSSR count). The number of amides is 1. The summed E-state index contributed by atoms with van der Waals surface area (Å²) in [4.78, 5) is 27.1. The molecule has 0 aromatic carbocycles. The van der Waals surface area contributed by atoms with E-state index in [-0.39, 0.29) is 17.0 Å². The van der Waals surface area contributed by atoms with Crippen molar-refractivity contribution in [2.24, 2.45) is 5.41 Å². The Hall–Kier alpha value is -1.43. The second-order valence-electron chi connectivity index (χ2n) is 5.91. The van der Waals surface area contributed by atoms with Crippen LogP contribution in [-0.4, -0.2) is 28.5 Å². The van der Waals surface area contributed by atoms with E-state index in [0.717, 1.165) is 30.7 Å². The van der Waals surface area contributed by atoms with E-state index in [4.69, 9.17) is 5.11 Å². The van der Waals surface area contributed by atoms with Crippen molar-refractivity contribution in [2.75, 3.05) is 6.54 Å². The predicted octanol–water partition coefficient (Wildman–Crippen LogP) is 2.86. The van der Waals surface area contributed by atoms with Gasteiger partial charge in [0.25, 0.3) is 0 Å². The minimum atomic E-state index is -1.01. The molecular formula is C15H22N2O3S. The maximum atomic E-state index is 12.4. The van der Waals surface area contributed by atoms with Crippen LogP contribution >= 0.6 is 11.3 Å². The van der Waals surface area contributed by atoms with E-state index in [2.05, 4.69) is 17.2 Å². The van der Waals surface area contributed by atoms with Crippen molar-refractivity contribution < 1.29 is 14.7 Å². The third-order valence-corrected chi connectivity index (χ3v) is 5.06. The lowest BCUT2D eigenvalue weighted by Gasteiger charge is -2.26. The fraction of sp³-hybridized carbons (Fsp3) is 0.667. The monoisotopic (exact) mass is 310 g/mol. The Morgan fingerprint density at radius 2 is 2.00 bits per heavy atom. The molecule has 116 valence electrons. The van der Waals surface area contributed by atoms with Gasteiger partial charge in [0.05, 0.1) is 5.01 Å². The van der Waals surface area contributed by atoms with Gasteiger partial charge in [-0.2, -0.15) is 0 Å². The van der Waals surface area contributed by atoms with Crippen LogP contribution in [0.1, 0.15) is 60.9 Å². The predicted molar refractivity (Wildman–Crippen MR) is 81.6 cm³/mol. The summed E-state index contributed by atoms with van der Waals surface area (Å²) in [5.41, 5.74) is -0.164. The van der Waals surface area contributed by atoms with Gasteiger partial charge in [0, 0.05) is 23.8 Å². The summed E-state index contributed by atoms with van der Waals surface area (Å²) >= 11 is 1.32. The van der Waals surface area contributed by atoms with Crippen molar-refractivity contribution >= 4 is 23.2 Å². The van der Waals surface area contributed by atoms with Crippen LogP contribution in [0.3, 0.4) is 0 Å². The Morgan fingerprint density at radius 3 is 2.57 bits per heavy atom. The molecule has 0 bridgehead atoms. The molecule has 6 heteroatoms. The molecule has 1 aliphatic rings. The van der Waals surface area contributed by atoms with E-state index < -0.39 is 5.97 Å². The minimum absolute atomic E-state index is 0.0806. The van der Waals surface area contributed by atoms with Gasteiger partial charge < -0.3 is 10.4 Å². The molecule has 0 unspecified atom stereocenters. The van der Waals surface area contributed by atoms with Gasteiger partial charge in [0.15, 0.2) is 5.69 Å². The number of carbonyl (C=O) groups excluding carboxylic acids is 1. The Morgan fingerprint density at radius 1 is 1.33 bits per heavy atom.